The molecule has 0 aliphatic heterocycles. The van der Waals surface area contributed by atoms with Gasteiger partial charge in [-0.05, 0) is 47.6 Å². The van der Waals surface area contributed by atoms with Gasteiger partial charge in [0.05, 0.1) is 18.0 Å². The Bertz CT molecular complexity index is 609. The molecule has 0 saturated carbocycles. The van der Waals surface area contributed by atoms with E-state index in [1.165, 1.54) is 18.2 Å². The lowest BCUT2D eigenvalue weighted by molar-refractivity contribution is 0.275. The molecule has 0 saturated heterocycles. The number of rotatable bonds is 4. The molecule has 2 N–H and O–H groups in total. The number of aliphatic hydroxyl groups is 1. The minimum Gasteiger partial charge on any atom is -0.508 e. The van der Waals surface area contributed by atoms with Crippen LogP contribution in [0.1, 0.15) is 5.56 Å². The first-order valence-corrected chi connectivity index (χ1v) is 5.51. The van der Waals surface area contributed by atoms with E-state index < -0.39 is 0 Å². The number of azo groups is 1. The van der Waals surface area contributed by atoms with Crippen molar-refractivity contribution in [3.8, 4) is 5.75 Å². The highest BCUT2D eigenvalue weighted by molar-refractivity contribution is 5.49. The van der Waals surface area contributed by atoms with Crippen LogP contribution >= 0.6 is 0 Å². The normalized spacial score (nSPS) is 10.8. The average molecular weight is 257 g/mol. The van der Waals surface area contributed by atoms with Gasteiger partial charge in [-0.1, -0.05) is 0 Å². The molecular formula is C13H11N3O3. The summed E-state index contributed by atoms with van der Waals surface area (Å²) in [5, 5.41) is 29.2. The number of hydrogen-bond acceptors (Lipinski definition) is 6. The fraction of sp³-hybridized carbons (Fsp3) is 0.0769. The molecule has 6 heteroatoms. The van der Waals surface area contributed by atoms with Crippen LogP contribution in [0.25, 0.3) is 0 Å². The first-order chi connectivity index (χ1) is 9.22. The van der Waals surface area contributed by atoms with Crippen LogP contribution in [0.2, 0.25) is 0 Å². The predicted octanol–water partition coefficient (Wildman–Crippen LogP) is 3.70. The summed E-state index contributed by atoms with van der Waals surface area (Å²) in [7, 11) is 0. The second-order valence-electron chi connectivity index (χ2n) is 3.78. The van der Waals surface area contributed by atoms with E-state index in [0.717, 1.165) is 0 Å². The van der Waals surface area contributed by atoms with E-state index in [-0.39, 0.29) is 12.4 Å². The number of phenols is 1. The summed E-state index contributed by atoms with van der Waals surface area (Å²) in [5.74, 6) is 0.0165. The Morgan fingerprint density at radius 2 is 1.47 bits per heavy atom. The van der Waals surface area contributed by atoms with Gasteiger partial charge in [-0.15, -0.1) is 4.91 Å². The molecule has 19 heavy (non-hydrogen) atoms. The smallest absolute Gasteiger partial charge is 0.121 e. The quantitative estimate of drug-likeness (QED) is 0.645. The van der Waals surface area contributed by atoms with Crippen molar-refractivity contribution in [2.75, 3.05) is 0 Å². The van der Waals surface area contributed by atoms with Crippen LogP contribution in [0, 0.1) is 4.91 Å². The lowest BCUT2D eigenvalue weighted by Gasteiger charge is -2.01. The summed E-state index contributed by atoms with van der Waals surface area (Å²) in [4.78, 5) is 10.2. The van der Waals surface area contributed by atoms with E-state index in [1.807, 2.05) is 0 Å². The SMILES string of the molecule is O=Nc1ccc(/N=N/c2ccc(O)c(CO)c2)cc1. The molecule has 2 rings (SSSR count). The topological polar surface area (TPSA) is 94.6 Å². The third kappa shape index (κ3) is 3.20. The minimum absolute atomic E-state index is 0.0165. The Morgan fingerprint density at radius 3 is 2.11 bits per heavy atom. The van der Waals surface area contributed by atoms with E-state index in [1.54, 1.807) is 24.3 Å². The van der Waals surface area contributed by atoms with Crippen molar-refractivity contribution >= 4 is 17.1 Å². The molecule has 0 spiro atoms. The van der Waals surface area contributed by atoms with Gasteiger partial charge in [0.1, 0.15) is 11.4 Å². The average Bonchev–Trinajstić information content (AvgIpc) is 2.47. The molecule has 0 fully saturated rings. The summed E-state index contributed by atoms with van der Waals surface area (Å²) in [6.07, 6.45) is 0. The summed E-state index contributed by atoms with van der Waals surface area (Å²) in [6, 6.07) is 10.9. The van der Waals surface area contributed by atoms with Gasteiger partial charge < -0.3 is 10.2 Å². The van der Waals surface area contributed by atoms with Crippen molar-refractivity contribution < 1.29 is 10.2 Å². The van der Waals surface area contributed by atoms with Crippen LogP contribution < -0.4 is 0 Å². The number of nitrogens with zero attached hydrogens (tertiary/aromatic N) is 3. The molecule has 0 heterocycles. The molecule has 0 amide bonds. The van der Waals surface area contributed by atoms with Crippen LogP contribution in [0.15, 0.2) is 57.9 Å². The van der Waals surface area contributed by atoms with E-state index in [0.29, 0.717) is 22.6 Å². The van der Waals surface area contributed by atoms with Crippen LogP contribution in [-0.4, -0.2) is 10.2 Å². The second-order valence-corrected chi connectivity index (χ2v) is 3.78. The van der Waals surface area contributed by atoms with Crippen LogP contribution in [-0.2, 0) is 6.61 Å². The summed E-state index contributed by atoms with van der Waals surface area (Å²) >= 11 is 0. The van der Waals surface area contributed by atoms with Gasteiger partial charge in [0.2, 0.25) is 0 Å². The van der Waals surface area contributed by atoms with Gasteiger partial charge in [0.25, 0.3) is 0 Å². The predicted molar refractivity (Wildman–Crippen MR) is 70.1 cm³/mol. The first kappa shape index (κ1) is 12.8. The van der Waals surface area contributed by atoms with Crippen LogP contribution in [0.4, 0.5) is 17.1 Å². The highest BCUT2D eigenvalue weighted by atomic mass is 16.3. The Labute approximate surface area is 109 Å². The Balaban J connectivity index is 2.19. The summed E-state index contributed by atoms with van der Waals surface area (Å²) in [6.45, 7) is -0.269. The zero-order chi connectivity index (χ0) is 13.7. The fourth-order valence-electron chi connectivity index (χ4n) is 1.46. The van der Waals surface area contributed by atoms with Crippen molar-refractivity contribution in [1.82, 2.24) is 0 Å². The molecule has 0 aliphatic carbocycles. The molecule has 2 aromatic carbocycles. The molecule has 0 bridgehead atoms. The van der Waals surface area contributed by atoms with E-state index in [9.17, 15) is 10.0 Å². The first-order valence-electron chi connectivity index (χ1n) is 5.51. The number of aliphatic hydroxyl groups excluding tert-OH is 1. The van der Waals surface area contributed by atoms with Crippen molar-refractivity contribution in [2.45, 2.75) is 6.61 Å². The van der Waals surface area contributed by atoms with Gasteiger partial charge >= 0.3 is 0 Å². The van der Waals surface area contributed by atoms with Crippen molar-refractivity contribution in [3.63, 3.8) is 0 Å². The third-order valence-corrected chi connectivity index (χ3v) is 2.47. The largest absolute Gasteiger partial charge is 0.508 e. The molecule has 0 aliphatic rings. The lowest BCUT2D eigenvalue weighted by Crippen LogP contribution is -1.82. The number of hydrogen-bond donors (Lipinski definition) is 2. The minimum atomic E-state index is -0.269. The van der Waals surface area contributed by atoms with Gasteiger partial charge in [-0.25, -0.2) is 0 Å². The number of benzene rings is 2. The van der Waals surface area contributed by atoms with Gasteiger partial charge in [0.15, 0.2) is 0 Å². The monoisotopic (exact) mass is 257 g/mol. The number of nitroso groups, excluding NO2 is 1. The van der Waals surface area contributed by atoms with Gasteiger partial charge in [0, 0.05) is 5.56 Å². The highest BCUT2D eigenvalue weighted by Gasteiger charge is 2.00. The van der Waals surface area contributed by atoms with Crippen molar-refractivity contribution in [2.24, 2.45) is 15.4 Å². The molecular weight excluding hydrogens is 246 g/mol. The van der Waals surface area contributed by atoms with Gasteiger partial charge in [-0.3, -0.25) is 0 Å². The zero-order valence-electron chi connectivity index (χ0n) is 9.89. The van der Waals surface area contributed by atoms with E-state index in [2.05, 4.69) is 15.4 Å². The molecule has 0 aromatic heterocycles. The van der Waals surface area contributed by atoms with E-state index in [4.69, 9.17) is 5.11 Å². The van der Waals surface area contributed by atoms with Gasteiger partial charge in [-0.2, -0.15) is 10.2 Å². The molecule has 0 unspecified atom stereocenters. The Kier molecular flexibility index (Phi) is 3.94. The highest BCUT2D eigenvalue weighted by Crippen LogP contribution is 2.25. The third-order valence-electron chi connectivity index (χ3n) is 2.47. The molecule has 96 valence electrons. The fourth-order valence-corrected chi connectivity index (χ4v) is 1.46. The van der Waals surface area contributed by atoms with Crippen molar-refractivity contribution in [3.05, 3.63) is 52.9 Å². The maximum absolute atomic E-state index is 10.2. The maximum Gasteiger partial charge on any atom is 0.121 e. The summed E-state index contributed by atoms with van der Waals surface area (Å²) in [5.41, 5.74) is 1.80. The molecule has 2 aromatic rings. The molecule has 0 atom stereocenters. The van der Waals surface area contributed by atoms with Crippen LogP contribution in [0.5, 0.6) is 5.75 Å². The Hall–Kier alpha value is -2.60. The maximum atomic E-state index is 10.2. The second kappa shape index (κ2) is 5.83. The summed E-state index contributed by atoms with van der Waals surface area (Å²) < 4.78 is 0. The number of aromatic hydroxyl groups is 1. The van der Waals surface area contributed by atoms with Crippen LogP contribution in [0.3, 0.4) is 0 Å². The Morgan fingerprint density at radius 1 is 0.895 bits per heavy atom. The zero-order valence-corrected chi connectivity index (χ0v) is 9.89. The standard InChI is InChI=1S/C13H11N3O3/c17-8-9-7-12(5-6-13(9)18)15-14-10-1-3-11(16-19)4-2-10/h1-7,17-18H,8H2/b15-14+. The molecule has 0 radical (unpaired) electrons. The molecule has 6 nitrogen and oxygen atoms in total. The van der Waals surface area contributed by atoms with Crippen molar-refractivity contribution in [1.29, 1.82) is 0 Å². The van der Waals surface area contributed by atoms with E-state index >= 15 is 0 Å². The lowest BCUT2D eigenvalue weighted by atomic mass is 10.2.